The van der Waals surface area contributed by atoms with Crippen LogP contribution in [0.4, 0.5) is 0 Å². The minimum atomic E-state index is -0.165. The zero-order valence-electron chi connectivity index (χ0n) is 11.7. The highest BCUT2D eigenvalue weighted by molar-refractivity contribution is 6.15. The summed E-state index contributed by atoms with van der Waals surface area (Å²) in [5, 5.41) is 2.92. The van der Waals surface area contributed by atoms with Crippen molar-refractivity contribution in [3.63, 3.8) is 0 Å². The van der Waals surface area contributed by atoms with E-state index in [1.165, 1.54) is 12.8 Å². The topological polar surface area (TPSA) is 46.2 Å². The van der Waals surface area contributed by atoms with Crippen LogP contribution in [0.3, 0.4) is 0 Å². The fourth-order valence-corrected chi connectivity index (χ4v) is 2.28. The van der Waals surface area contributed by atoms with Crippen LogP contribution in [0, 0.1) is 5.92 Å². The van der Waals surface area contributed by atoms with Crippen LogP contribution in [0.5, 0.6) is 0 Å². The van der Waals surface area contributed by atoms with Gasteiger partial charge in [-0.3, -0.25) is 9.59 Å². The SMILES string of the molecule is O=C(NCC1CC1)c1ccccc1C(=O)c1ccccc1. The van der Waals surface area contributed by atoms with E-state index < -0.39 is 0 Å². The molecule has 1 amide bonds. The summed E-state index contributed by atoms with van der Waals surface area (Å²) in [6.45, 7) is 0.701. The monoisotopic (exact) mass is 279 g/mol. The smallest absolute Gasteiger partial charge is 0.252 e. The van der Waals surface area contributed by atoms with E-state index in [2.05, 4.69) is 5.32 Å². The maximum absolute atomic E-state index is 12.5. The average Bonchev–Trinajstić information content (AvgIpc) is 3.37. The van der Waals surface area contributed by atoms with Gasteiger partial charge >= 0.3 is 0 Å². The zero-order chi connectivity index (χ0) is 14.7. The van der Waals surface area contributed by atoms with Gasteiger partial charge < -0.3 is 5.32 Å². The van der Waals surface area contributed by atoms with Crippen molar-refractivity contribution in [3.8, 4) is 0 Å². The van der Waals surface area contributed by atoms with Crippen molar-refractivity contribution in [1.82, 2.24) is 5.32 Å². The lowest BCUT2D eigenvalue weighted by Crippen LogP contribution is -2.27. The van der Waals surface area contributed by atoms with Gasteiger partial charge in [0.2, 0.25) is 0 Å². The molecule has 0 heterocycles. The summed E-state index contributed by atoms with van der Waals surface area (Å²) in [4.78, 5) is 24.8. The van der Waals surface area contributed by atoms with Crippen LogP contribution >= 0.6 is 0 Å². The number of rotatable bonds is 5. The van der Waals surface area contributed by atoms with E-state index in [1.54, 1.807) is 36.4 Å². The van der Waals surface area contributed by atoms with Crippen molar-refractivity contribution < 1.29 is 9.59 Å². The van der Waals surface area contributed by atoms with E-state index >= 15 is 0 Å². The third kappa shape index (κ3) is 3.19. The summed E-state index contributed by atoms with van der Waals surface area (Å²) in [6, 6.07) is 16.0. The average molecular weight is 279 g/mol. The molecule has 3 nitrogen and oxygen atoms in total. The maximum Gasteiger partial charge on any atom is 0.252 e. The van der Waals surface area contributed by atoms with Gasteiger partial charge in [0.25, 0.3) is 5.91 Å². The molecular weight excluding hydrogens is 262 g/mol. The molecule has 0 radical (unpaired) electrons. The van der Waals surface area contributed by atoms with E-state index in [0.717, 1.165) is 0 Å². The van der Waals surface area contributed by atoms with Gasteiger partial charge in [0.15, 0.2) is 5.78 Å². The van der Waals surface area contributed by atoms with Gasteiger partial charge in [-0.2, -0.15) is 0 Å². The third-order valence-corrected chi connectivity index (χ3v) is 3.70. The fraction of sp³-hybridized carbons (Fsp3) is 0.222. The molecule has 0 unspecified atom stereocenters. The van der Waals surface area contributed by atoms with Crippen LogP contribution in [0.25, 0.3) is 0 Å². The first-order valence-electron chi connectivity index (χ1n) is 7.22. The quantitative estimate of drug-likeness (QED) is 0.855. The molecule has 2 aromatic rings. The number of nitrogens with one attached hydrogen (secondary N) is 1. The summed E-state index contributed by atoms with van der Waals surface area (Å²) < 4.78 is 0. The van der Waals surface area contributed by atoms with Gasteiger partial charge in [-0.05, 0) is 24.8 Å². The van der Waals surface area contributed by atoms with E-state index in [0.29, 0.717) is 29.2 Å². The molecule has 1 aliphatic carbocycles. The number of amides is 1. The van der Waals surface area contributed by atoms with Gasteiger partial charge in [0.05, 0.1) is 5.56 Å². The zero-order valence-corrected chi connectivity index (χ0v) is 11.7. The van der Waals surface area contributed by atoms with Gasteiger partial charge in [-0.1, -0.05) is 48.5 Å². The second-order valence-electron chi connectivity index (χ2n) is 5.39. The Hall–Kier alpha value is -2.42. The van der Waals surface area contributed by atoms with Gasteiger partial charge in [-0.15, -0.1) is 0 Å². The number of carbonyl (C=O) groups excluding carboxylic acids is 2. The molecule has 1 saturated carbocycles. The predicted molar refractivity (Wildman–Crippen MR) is 81.4 cm³/mol. The lowest BCUT2D eigenvalue weighted by molar-refractivity contribution is 0.0940. The molecule has 0 atom stereocenters. The first-order valence-corrected chi connectivity index (χ1v) is 7.22. The van der Waals surface area contributed by atoms with Gasteiger partial charge in [-0.25, -0.2) is 0 Å². The second-order valence-corrected chi connectivity index (χ2v) is 5.39. The first kappa shape index (κ1) is 13.6. The number of benzene rings is 2. The molecule has 3 heteroatoms. The van der Waals surface area contributed by atoms with Gasteiger partial charge in [0, 0.05) is 17.7 Å². The van der Waals surface area contributed by atoms with Crippen molar-refractivity contribution >= 4 is 11.7 Å². The molecule has 1 fully saturated rings. The molecule has 1 N–H and O–H groups in total. The van der Waals surface area contributed by atoms with E-state index in [4.69, 9.17) is 0 Å². The van der Waals surface area contributed by atoms with E-state index in [1.807, 2.05) is 18.2 Å². The first-order chi connectivity index (χ1) is 10.3. The maximum atomic E-state index is 12.5. The second kappa shape index (κ2) is 5.92. The minimum Gasteiger partial charge on any atom is -0.352 e. The fourth-order valence-electron chi connectivity index (χ4n) is 2.28. The van der Waals surface area contributed by atoms with Crippen molar-refractivity contribution in [1.29, 1.82) is 0 Å². The molecule has 1 aliphatic rings. The Labute approximate surface area is 124 Å². The Morgan fingerprint density at radius 2 is 1.52 bits per heavy atom. The summed E-state index contributed by atoms with van der Waals surface area (Å²) in [7, 11) is 0. The summed E-state index contributed by atoms with van der Waals surface area (Å²) in [5.41, 5.74) is 1.50. The lowest BCUT2D eigenvalue weighted by Gasteiger charge is -2.09. The Morgan fingerprint density at radius 1 is 0.905 bits per heavy atom. The molecule has 0 saturated heterocycles. The van der Waals surface area contributed by atoms with Crippen LogP contribution in [0.15, 0.2) is 54.6 Å². The third-order valence-electron chi connectivity index (χ3n) is 3.70. The van der Waals surface area contributed by atoms with Crippen LogP contribution in [0.1, 0.15) is 39.1 Å². The highest BCUT2D eigenvalue weighted by atomic mass is 16.2. The largest absolute Gasteiger partial charge is 0.352 e. The number of ketones is 1. The Balaban J connectivity index is 1.84. The van der Waals surface area contributed by atoms with E-state index in [-0.39, 0.29) is 11.7 Å². The standard InChI is InChI=1S/C18H17NO2/c20-17(14-6-2-1-3-7-14)15-8-4-5-9-16(15)18(21)19-12-13-10-11-13/h1-9,13H,10-12H2,(H,19,21). The van der Waals surface area contributed by atoms with Crippen LogP contribution in [-0.4, -0.2) is 18.2 Å². The van der Waals surface area contributed by atoms with Crippen LogP contribution < -0.4 is 5.32 Å². The molecule has 0 spiro atoms. The van der Waals surface area contributed by atoms with Crippen molar-refractivity contribution in [2.45, 2.75) is 12.8 Å². The number of carbonyl (C=O) groups is 2. The van der Waals surface area contributed by atoms with E-state index in [9.17, 15) is 9.59 Å². The molecule has 106 valence electrons. The van der Waals surface area contributed by atoms with Crippen LogP contribution in [-0.2, 0) is 0 Å². The van der Waals surface area contributed by atoms with Crippen LogP contribution in [0.2, 0.25) is 0 Å². The molecule has 3 rings (SSSR count). The molecule has 0 bridgehead atoms. The van der Waals surface area contributed by atoms with Crippen molar-refractivity contribution in [2.24, 2.45) is 5.92 Å². The normalized spacial score (nSPS) is 13.7. The number of hydrogen-bond donors (Lipinski definition) is 1. The molecule has 0 aliphatic heterocycles. The molecule has 21 heavy (non-hydrogen) atoms. The van der Waals surface area contributed by atoms with Crippen molar-refractivity contribution in [2.75, 3.05) is 6.54 Å². The summed E-state index contributed by atoms with van der Waals surface area (Å²) in [5.74, 6) is 0.334. The Bertz CT molecular complexity index is 660. The number of hydrogen-bond acceptors (Lipinski definition) is 2. The summed E-state index contributed by atoms with van der Waals surface area (Å²) >= 11 is 0. The highest BCUT2D eigenvalue weighted by Crippen LogP contribution is 2.27. The molecular formula is C18H17NO2. The molecule has 0 aromatic heterocycles. The summed E-state index contributed by atoms with van der Waals surface area (Å²) in [6.07, 6.45) is 2.37. The Morgan fingerprint density at radius 3 is 2.19 bits per heavy atom. The predicted octanol–water partition coefficient (Wildman–Crippen LogP) is 3.06. The van der Waals surface area contributed by atoms with Gasteiger partial charge in [0.1, 0.15) is 0 Å². The Kier molecular flexibility index (Phi) is 3.82. The van der Waals surface area contributed by atoms with Crippen molar-refractivity contribution in [3.05, 3.63) is 71.3 Å². The molecule has 2 aromatic carbocycles. The highest BCUT2D eigenvalue weighted by Gasteiger charge is 2.23. The minimum absolute atomic E-state index is 0.118. The lowest BCUT2D eigenvalue weighted by atomic mass is 9.98.